The molecule has 7 nitrogen and oxygen atoms in total. The van der Waals surface area contributed by atoms with E-state index in [9.17, 15) is 27.9 Å². The topological polar surface area (TPSA) is 94.4 Å². The number of phenols is 1. The van der Waals surface area contributed by atoms with Gasteiger partial charge in [0.05, 0.1) is 11.3 Å². The van der Waals surface area contributed by atoms with E-state index in [1.165, 1.54) is 47.5 Å². The van der Waals surface area contributed by atoms with Gasteiger partial charge in [-0.1, -0.05) is 54.2 Å². The lowest BCUT2D eigenvalue weighted by Gasteiger charge is -2.16. The zero-order chi connectivity index (χ0) is 27.1. The molecule has 0 aromatic heterocycles. The van der Waals surface area contributed by atoms with Crippen LogP contribution in [-0.2, 0) is 15.8 Å². The summed E-state index contributed by atoms with van der Waals surface area (Å²) < 4.78 is 38.9. The summed E-state index contributed by atoms with van der Waals surface area (Å²) in [5.41, 5.74) is 0.456. The van der Waals surface area contributed by atoms with E-state index in [4.69, 9.17) is 0 Å². The van der Waals surface area contributed by atoms with Gasteiger partial charge in [-0.15, -0.1) is 5.10 Å². The number of alkyl halides is 3. The van der Waals surface area contributed by atoms with Gasteiger partial charge in [-0.2, -0.15) is 18.3 Å². The van der Waals surface area contributed by atoms with Crippen molar-refractivity contribution in [1.82, 2.24) is 0 Å². The molecule has 1 unspecified atom stereocenters. The molecule has 1 heterocycles. The molecule has 0 saturated carbocycles. The van der Waals surface area contributed by atoms with Crippen LogP contribution in [0.3, 0.4) is 0 Å². The number of carbonyl (C=O) groups is 2. The van der Waals surface area contributed by atoms with E-state index in [2.05, 4.69) is 15.5 Å². The summed E-state index contributed by atoms with van der Waals surface area (Å²) in [6.07, 6.45) is 0.116. The van der Waals surface area contributed by atoms with Crippen LogP contribution in [0.4, 0.5) is 24.5 Å². The number of nitrogens with one attached hydrogen (secondary N) is 1. The van der Waals surface area contributed by atoms with E-state index >= 15 is 0 Å². The molecule has 1 atom stereocenters. The van der Waals surface area contributed by atoms with Gasteiger partial charge in [0.2, 0.25) is 11.8 Å². The Kier molecular flexibility index (Phi) is 8.27. The Bertz CT molecular complexity index is 1390. The first-order valence-corrected chi connectivity index (χ1v) is 12.2. The molecular weight excluding hydrogens is 517 g/mol. The molecule has 2 amide bonds. The molecule has 0 spiro atoms. The van der Waals surface area contributed by atoms with Crippen molar-refractivity contribution < 1.29 is 27.9 Å². The molecular formula is C27H21F3N4O3S. The monoisotopic (exact) mass is 538 g/mol. The summed E-state index contributed by atoms with van der Waals surface area (Å²) in [5.74, 6) is -1.07. The lowest BCUT2D eigenvalue weighted by atomic mass is 10.2. The van der Waals surface area contributed by atoms with Crippen molar-refractivity contribution in [2.75, 3.05) is 10.2 Å². The summed E-state index contributed by atoms with van der Waals surface area (Å²) in [4.78, 5) is 27.1. The van der Waals surface area contributed by atoms with Crippen molar-refractivity contribution >= 4 is 52.4 Å². The van der Waals surface area contributed by atoms with E-state index in [0.29, 0.717) is 5.69 Å². The van der Waals surface area contributed by atoms with Crippen LogP contribution in [0.1, 0.15) is 17.5 Å². The smallest absolute Gasteiger partial charge is 0.416 e. The van der Waals surface area contributed by atoms with Gasteiger partial charge in [0.1, 0.15) is 11.0 Å². The van der Waals surface area contributed by atoms with Gasteiger partial charge < -0.3 is 10.4 Å². The highest BCUT2D eigenvalue weighted by molar-refractivity contribution is 8.16. The third kappa shape index (κ3) is 6.88. The maximum Gasteiger partial charge on any atom is 0.416 e. The van der Waals surface area contributed by atoms with E-state index in [1.54, 1.807) is 6.08 Å². The molecule has 194 valence electrons. The Hall–Kier alpha value is -4.38. The van der Waals surface area contributed by atoms with Crippen LogP contribution in [0.5, 0.6) is 5.75 Å². The van der Waals surface area contributed by atoms with E-state index in [1.807, 2.05) is 36.4 Å². The predicted octanol–water partition coefficient (Wildman–Crippen LogP) is 5.94. The molecule has 1 aliphatic heterocycles. The number of anilines is 2. The first kappa shape index (κ1) is 26.7. The van der Waals surface area contributed by atoms with Crippen LogP contribution >= 0.6 is 11.8 Å². The first-order valence-electron chi connectivity index (χ1n) is 11.3. The lowest BCUT2D eigenvalue weighted by Crippen LogP contribution is -2.33. The molecule has 0 bridgehead atoms. The Morgan fingerprint density at radius 1 is 1.05 bits per heavy atom. The SMILES string of the molecule is O=C(CC1S/C(=N/N=C/C=C/c2ccccc2)N(c2ccc(O)cc2)C1=O)Nc1cccc(C(F)(F)F)c1. The number of aromatic hydroxyl groups is 1. The average molecular weight is 539 g/mol. The van der Waals surface area contributed by atoms with E-state index < -0.39 is 28.8 Å². The molecule has 2 N–H and O–H groups in total. The fraction of sp³-hybridized carbons (Fsp3) is 0.111. The predicted molar refractivity (Wildman–Crippen MR) is 143 cm³/mol. The largest absolute Gasteiger partial charge is 0.508 e. The Balaban J connectivity index is 1.50. The third-order valence-electron chi connectivity index (χ3n) is 5.27. The van der Waals surface area contributed by atoms with Crippen molar-refractivity contribution in [3.8, 4) is 5.75 Å². The molecule has 3 aromatic rings. The van der Waals surface area contributed by atoms with Gasteiger partial charge in [0, 0.05) is 18.3 Å². The fourth-order valence-corrected chi connectivity index (χ4v) is 4.59. The second-order valence-electron chi connectivity index (χ2n) is 8.04. The van der Waals surface area contributed by atoms with Crippen LogP contribution in [0.2, 0.25) is 0 Å². The van der Waals surface area contributed by atoms with E-state index in [0.717, 1.165) is 29.5 Å². The second kappa shape index (κ2) is 11.8. The van der Waals surface area contributed by atoms with Crippen molar-refractivity contribution in [2.45, 2.75) is 17.8 Å². The number of carbonyl (C=O) groups excluding carboxylic acids is 2. The van der Waals surface area contributed by atoms with Gasteiger partial charge in [0.25, 0.3) is 0 Å². The minimum Gasteiger partial charge on any atom is -0.508 e. The average Bonchev–Trinajstić information content (AvgIpc) is 3.19. The van der Waals surface area contributed by atoms with Crippen LogP contribution < -0.4 is 10.2 Å². The molecule has 1 fully saturated rings. The third-order valence-corrected chi connectivity index (χ3v) is 6.40. The van der Waals surface area contributed by atoms with Gasteiger partial charge in [-0.25, -0.2) is 0 Å². The number of rotatable bonds is 7. The molecule has 38 heavy (non-hydrogen) atoms. The highest BCUT2D eigenvalue weighted by Crippen LogP contribution is 2.35. The molecule has 1 aliphatic rings. The number of allylic oxidation sites excluding steroid dienone is 1. The maximum atomic E-state index is 13.2. The number of thioether (sulfide) groups is 1. The Morgan fingerprint density at radius 2 is 1.79 bits per heavy atom. The highest BCUT2D eigenvalue weighted by Gasteiger charge is 2.40. The van der Waals surface area contributed by atoms with Crippen LogP contribution in [0.25, 0.3) is 6.08 Å². The minimum atomic E-state index is -4.55. The van der Waals surface area contributed by atoms with Crippen molar-refractivity contribution in [1.29, 1.82) is 0 Å². The number of hydrogen-bond acceptors (Lipinski definition) is 6. The number of halogens is 3. The molecule has 0 aliphatic carbocycles. The number of amides is 2. The maximum absolute atomic E-state index is 13.2. The number of nitrogens with zero attached hydrogens (tertiary/aromatic N) is 3. The van der Waals surface area contributed by atoms with Gasteiger partial charge in [-0.3, -0.25) is 14.5 Å². The number of hydrogen-bond donors (Lipinski definition) is 2. The van der Waals surface area contributed by atoms with Gasteiger partial charge in [0.15, 0.2) is 5.17 Å². The van der Waals surface area contributed by atoms with Crippen molar-refractivity contribution in [3.63, 3.8) is 0 Å². The molecule has 1 saturated heterocycles. The highest BCUT2D eigenvalue weighted by atomic mass is 32.2. The summed E-state index contributed by atoms with van der Waals surface area (Å²) in [7, 11) is 0. The Morgan fingerprint density at radius 3 is 2.50 bits per heavy atom. The number of benzene rings is 3. The standard InChI is InChI=1S/C27H21F3N4O3S/c28-27(29,30)19-9-4-10-20(16-19)32-24(36)17-23-25(37)34(21-11-13-22(35)14-12-21)26(38-23)33-31-15-5-8-18-6-2-1-3-7-18/h1-16,23,35H,17H2,(H,32,36)/b8-5+,31-15+,33-26+. The summed E-state index contributed by atoms with van der Waals surface area (Å²) >= 11 is 1.01. The quantitative estimate of drug-likeness (QED) is 0.287. The summed E-state index contributed by atoms with van der Waals surface area (Å²) in [6, 6.07) is 19.7. The Labute approximate surface area is 220 Å². The van der Waals surface area contributed by atoms with Gasteiger partial charge >= 0.3 is 6.18 Å². The van der Waals surface area contributed by atoms with E-state index in [-0.39, 0.29) is 23.0 Å². The number of phenolic OH excluding ortho intramolecular Hbond substituents is 1. The molecule has 4 rings (SSSR count). The van der Waals surface area contributed by atoms with Crippen LogP contribution in [0.15, 0.2) is 95.1 Å². The van der Waals surface area contributed by atoms with Crippen molar-refractivity contribution in [3.05, 3.63) is 96.1 Å². The van der Waals surface area contributed by atoms with Gasteiger partial charge in [-0.05, 0) is 54.1 Å². The summed E-state index contributed by atoms with van der Waals surface area (Å²) in [6.45, 7) is 0. The normalized spacial score (nSPS) is 17.1. The lowest BCUT2D eigenvalue weighted by molar-refractivity contribution is -0.137. The molecule has 11 heteroatoms. The summed E-state index contributed by atoms with van der Waals surface area (Å²) in [5, 5.41) is 19.5. The van der Waals surface area contributed by atoms with Crippen LogP contribution in [-0.4, -0.2) is 33.6 Å². The minimum absolute atomic E-state index is 0.00706. The molecule has 0 radical (unpaired) electrons. The van der Waals surface area contributed by atoms with Crippen LogP contribution in [0, 0.1) is 0 Å². The zero-order valence-electron chi connectivity index (χ0n) is 19.7. The zero-order valence-corrected chi connectivity index (χ0v) is 20.5. The van der Waals surface area contributed by atoms with Crippen molar-refractivity contribution in [2.24, 2.45) is 10.2 Å². The first-order chi connectivity index (χ1) is 18.2. The molecule has 3 aromatic carbocycles. The fourth-order valence-electron chi connectivity index (χ4n) is 3.50. The number of amidine groups is 1. The second-order valence-corrected chi connectivity index (χ2v) is 9.21.